The molecular formula is CHN4+. The van der Waals surface area contributed by atoms with E-state index in [1.807, 2.05) is 0 Å². The van der Waals surface area contributed by atoms with E-state index in [4.69, 9.17) is 0 Å². The first-order chi connectivity index (χ1) is 2.50. The van der Waals surface area contributed by atoms with Gasteiger partial charge in [-0.15, -0.1) is 4.79 Å². The number of hydrogen-bond donors (Lipinski definition) is 0. The lowest BCUT2D eigenvalue weighted by Gasteiger charge is -1.21. The van der Waals surface area contributed by atoms with Crippen molar-refractivity contribution in [2.45, 2.75) is 0 Å². The van der Waals surface area contributed by atoms with E-state index in [0.29, 0.717) is 0 Å². The molecule has 0 bridgehead atoms. The summed E-state index contributed by atoms with van der Waals surface area (Å²) < 4.78 is 0. The first kappa shape index (κ1) is 2.23. The van der Waals surface area contributed by atoms with Gasteiger partial charge in [-0.3, -0.25) is 0 Å². The lowest BCUT2D eigenvalue weighted by molar-refractivity contribution is -0.0761. The van der Waals surface area contributed by atoms with Crippen molar-refractivity contribution in [1.29, 1.82) is 0 Å². The van der Waals surface area contributed by atoms with Gasteiger partial charge >= 0.3 is 6.34 Å². The number of hydrogen-bond acceptors (Lipinski definition) is 3. The third-order valence-corrected chi connectivity index (χ3v) is 0.247. The average Bonchev–Trinajstić information content (AvgIpc) is 1.76. The molecule has 0 aromatic heterocycles. The first-order valence-corrected chi connectivity index (χ1v) is 1.12. The molecule has 1 rings (SSSR count). The second-order valence-corrected chi connectivity index (χ2v) is 0.525. The molecule has 1 aliphatic heterocycles. The maximum absolute atomic E-state index is 3.25. The maximum atomic E-state index is 3.25. The van der Waals surface area contributed by atoms with Gasteiger partial charge in [0.2, 0.25) is 10.4 Å². The SMILES string of the molecule is C1=[N+]=NN=N1. The fourth-order valence-electron chi connectivity index (χ4n) is 0.115. The van der Waals surface area contributed by atoms with Crippen molar-refractivity contribution in [2.75, 3.05) is 0 Å². The summed E-state index contributed by atoms with van der Waals surface area (Å²) in [5, 5.41) is 9.47. The van der Waals surface area contributed by atoms with Crippen LogP contribution in [0.3, 0.4) is 0 Å². The Bertz CT molecular complexity index is 94.8. The van der Waals surface area contributed by atoms with Crippen LogP contribution in [0.4, 0.5) is 0 Å². The Balaban J connectivity index is 2.98. The molecule has 0 unspecified atom stereocenters. The minimum absolute atomic E-state index is 1.28. The Hall–Kier alpha value is -1.02. The molecule has 0 aromatic rings. The van der Waals surface area contributed by atoms with Crippen LogP contribution >= 0.6 is 0 Å². The maximum Gasteiger partial charge on any atom is 0.385 e. The third kappa shape index (κ3) is 0.181. The fraction of sp³-hybridized carbons (Fsp3) is 0. The second kappa shape index (κ2) is 0.738. The summed E-state index contributed by atoms with van der Waals surface area (Å²) in [6, 6.07) is 0. The van der Waals surface area contributed by atoms with Crippen LogP contribution in [0.2, 0.25) is 0 Å². The van der Waals surface area contributed by atoms with Gasteiger partial charge in [-0.25, -0.2) is 0 Å². The van der Waals surface area contributed by atoms with Crippen molar-refractivity contribution in [2.24, 2.45) is 15.6 Å². The first-order valence-electron chi connectivity index (χ1n) is 1.12. The summed E-state index contributed by atoms with van der Waals surface area (Å²) >= 11 is 0. The van der Waals surface area contributed by atoms with Gasteiger partial charge in [0.1, 0.15) is 5.11 Å². The van der Waals surface area contributed by atoms with Gasteiger partial charge in [0.25, 0.3) is 0 Å². The molecule has 4 nitrogen and oxygen atoms in total. The molecule has 1 aliphatic rings. The largest absolute Gasteiger partial charge is 0.385 e. The van der Waals surface area contributed by atoms with Crippen LogP contribution in [0, 0.1) is 0 Å². The van der Waals surface area contributed by atoms with E-state index in [1.54, 1.807) is 0 Å². The van der Waals surface area contributed by atoms with E-state index in [9.17, 15) is 0 Å². The molecule has 0 aromatic carbocycles. The number of rotatable bonds is 0. The Labute approximate surface area is 27.9 Å². The van der Waals surface area contributed by atoms with E-state index in [1.165, 1.54) is 6.34 Å². The quantitative estimate of drug-likeness (QED) is 0.361. The van der Waals surface area contributed by atoms with E-state index < -0.39 is 0 Å². The smallest absolute Gasteiger partial charge is 0.109 e. The monoisotopic (exact) mass is 69.0 g/mol. The molecule has 4 heteroatoms. The summed E-state index contributed by atoms with van der Waals surface area (Å²) in [6.07, 6.45) is 1.28. The summed E-state index contributed by atoms with van der Waals surface area (Å²) in [7, 11) is 0. The van der Waals surface area contributed by atoms with Crippen molar-refractivity contribution in [3.63, 3.8) is 0 Å². The Morgan fingerprint density at radius 1 is 1.60 bits per heavy atom. The molecule has 0 spiro atoms. The molecule has 0 aliphatic carbocycles. The van der Waals surface area contributed by atoms with Crippen LogP contribution in [0.15, 0.2) is 15.6 Å². The van der Waals surface area contributed by atoms with Crippen LogP contribution in [0.1, 0.15) is 0 Å². The molecule has 0 radical (unpaired) electrons. The highest BCUT2D eigenvalue weighted by atomic mass is 15.5. The van der Waals surface area contributed by atoms with Crippen LogP contribution in [0.25, 0.3) is 0 Å². The molecule has 0 N–H and O–H groups in total. The predicted molar refractivity (Wildman–Crippen MR) is 13.6 cm³/mol. The minimum Gasteiger partial charge on any atom is -0.109 e. The van der Waals surface area contributed by atoms with Crippen molar-refractivity contribution in [3.8, 4) is 0 Å². The lowest BCUT2D eigenvalue weighted by Crippen LogP contribution is -1.48. The highest BCUT2D eigenvalue weighted by Crippen LogP contribution is 1.71. The standard InChI is InChI=1S/CHN4/c1-2-4-5-3-1/h1H/q+1. The van der Waals surface area contributed by atoms with Gasteiger partial charge < -0.3 is 0 Å². The van der Waals surface area contributed by atoms with Crippen LogP contribution in [-0.4, -0.2) is 11.1 Å². The summed E-state index contributed by atoms with van der Waals surface area (Å²) in [5.74, 6) is 0. The highest BCUT2D eigenvalue weighted by Gasteiger charge is 1.85. The molecule has 24 valence electrons. The topological polar surface area (TPSA) is 51.2 Å². The molecule has 0 atom stereocenters. The fourth-order valence-corrected chi connectivity index (χ4v) is 0.115. The third-order valence-electron chi connectivity index (χ3n) is 0.247. The van der Waals surface area contributed by atoms with Crippen LogP contribution in [-0.2, 0) is 0 Å². The van der Waals surface area contributed by atoms with Gasteiger partial charge in [-0.2, -0.15) is 0 Å². The Kier molecular flexibility index (Phi) is 0.329. The predicted octanol–water partition coefficient (Wildman–Crippen LogP) is 0.0559. The second-order valence-electron chi connectivity index (χ2n) is 0.525. The summed E-state index contributed by atoms with van der Waals surface area (Å²) in [5.41, 5.74) is 0. The van der Waals surface area contributed by atoms with E-state index in [-0.39, 0.29) is 0 Å². The van der Waals surface area contributed by atoms with E-state index in [2.05, 4.69) is 20.4 Å². The Morgan fingerprint density at radius 3 is 2.80 bits per heavy atom. The van der Waals surface area contributed by atoms with E-state index >= 15 is 0 Å². The average molecular weight is 69.0 g/mol. The Morgan fingerprint density at radius 2 is 2.60 bits per heavy atom. The molecule has 0 saturated heterocycles. The van der Waals surface area contributed by atoms with Gasteiger partial charge in [-0.05, 0) is 0 Å². The summed E-state index contributed by atoms with van der Waals surface area (Å²) in [6.45, 7) is 0. The minimum atomic E-state index is 1.28. The zero-order valence-corrected chi connectivity index (χ0v) is 2.37. The lowest BCUT2D eigenvalue weighted by atomic mass is 11.4. The van der Waals surface area contributed by atoms with E-state index in [0.717, 1.165) is 0 Å². The van der Waals surface area contributed by atoms with Gasteiger partial charge in [0, 0.05) is 0 Å². The molecule has 0 fully saturated rings. The van der Waals surface area contributed by atoms with Crippen LogP contribution < -0.4 is 0 Å². The molecule has 0 saturated carbocycles. The van der Waals surface area contributed by atoms with Gasteiger partial charge in [-0.1, -0.05) is 0 Å². The normalized spacial score (nSPS) is 14.4. The molecule has 0 amide bonds. The molecule has 5 heavy (non-hydrogen) atoms. The number of nitrogens with zero attached hydrogens (tertiary/aromatic N) is 4. The van der Waals surface area contributed by atoms with Crippen molar-refractivity contribution in [1.82, 2.24) is 0 Å². The van der Waals surface area contributed by atoms with Crippen molar-refractivity contribution in [3.05, 3.63) is 0 Å². The van der Waals surface area contributed by atoms with Crippen molar-refractivity contribution < 1.29 is 4.79 Å². The molecular weight excluding hydrogens is 68.0 g/mol. The molecule has 1 heterocycles. The zero-order chi connectivity index (χ0) is 3.54. The van der Waals surface area contributed by atoms with Gasteiger partial charge in [0.05, 0.1) is 0 Å². The summed E-state index contributed by atoms with van der Waals surface area (Å²) in [4.78, 5) is 3.25. The zero-order valence-electron chi connectivity index (χ0n) is 2.37. The van der Waals surface area contributed by atoms with Crippen LogP contribution in [0.5, 0.6) is 0 Å². The highest BCUT2D eigenvalue weighted by molar-refractivity contribution is 5.46. The van der Waals surface area contributed by atoms with Gasteiger partial charge in [0.15, 0.2) is 0 Å². The van der Waals surface area contributed by atoms with Crippen molar-refractivity contribution >= 4 is 6.34 Å².